The molecule has 1 atom stereocenters. The second kappa shape index (κ2) is 5.34. The number of hydrogen-bond acceptors (Lipinski definition) is 4. The molecular weight excluding hydrogens is 278 g/mol. The van der Waals surface area contributed by atoms with Crippen LogP contribution in [0.25, 0.3) is 0 Å². The summed E-state index contributed by atoms with van der Waals surface area (Å²) < 4.78 is 17.3. The summed E-state index contributed by atoms with van der Waals surface area (Å²) in [6.07, 6.45) is 3.03. The first-order valence-corrected chi connectivity index (χ1v) is 7.45. The van der Waals surface area contributed by atoms with E-state index in [1.807, 2.05) is 0 Å². The molecule has 2 aliphatic heterocycles. The van der Waals surface area contributed by atoms with E-state index in [9.17, 15) is 0 Å². The van der Waals surface area contributed by atoms with E-state index in [0.717, 1.165) is 42.9 Å². The Morgan fingerprint density at radius 3 is 2.80 bits per heavy atom. The average molecular weight is 298 g/mol. The molecule has 1 saturated heterocycles. The highest BCUT2D eigenvalue weighted by atomic mass is 35.5. The zero-order valence-corrected chi connectivity index (χ0v) is 12.7. The molecule has 110 valence electrons. The highest BCUT2D eigenvalue weighted by molar-refractivity contribution is 6.32. The van der Waals surface area contributed by atoms with Crippen LogP contribution in [-0.4, -0.2) is 26.9 Å². The Labute approximate surface area is 124 Å². The van der Waals surface area contributed by atoms with Gasteiger partial charge in [0.15, 0.2) is 11.5 Å². The zero-order valence-electron chi connectivity index (χ0n) is 11.9. The first-order chi connectivity index (χ1) is 9.65. The number of hydrogen-bond donors (Lipinski definition) is 1. The Kier molecular flexibility index (Phi) is 3.69. The quantitative estimate of drug-likeness (QED) is 0.910. The van der Waals surface area contributed by atoms with Crippen molar-refractivity contribution < 1.29 is 14.2 Å². The Bertz CT molecular complexity index is 512. The summed E-state index contributed by atoms with van der Waals surface area (Å²) in [5, 5.41) is 4.12. The van der Waals surface area contributed by atoms with Crippen molar-refractivity contribution in [1.29, 1.82) is 0 Å². The van der Waals surface area contributed by atoms with Crippen molar-refractivity contribution in [2.75, 3.05) is 26.9 Å². The number of halogens is 1. The lowest BCUT2D eigenvalue weighted by Gasteiger charge is -2.30. The molecule has 1 fully saturated rings. The molecule has 1 aromatic carbocycles. The maximum Gasteiger partial charge on any atom is 0.170 e. The summed E-state index contributed by atoms with van der Waals surface area (Å²) in [4.78, 5) is 0. The van der Waals surface area contributed by atoms with Gasteiger partial charge in [-0.2, -0.15) is 0 Å². The monoisotopic (exact) mass is 297 g/mol. The van der Waals surface area contributed by atoms with Crippen LogP contribution in [0.2, 0.25) is 5.02 Å². The van der Waals surface area contributed by atoms with Gasteiger partial charge in [-0.15, -0.1) is 0 Å². The Morgan fingerprint density at radius 1 is 1.30 bits per heavy atom. The molecule has 5 heteroatoms. The van der Waals surface area contributed by atoms with Crippen molar-refractivity contribution in [3.63, 3.8) is 0 Å². The molecule has 2 aliphatic rings. The van der Waals surface area contributed by atoms with E-state index in [-0.39, 0.29) is 5.54 Å². The molecule has 0 aromatic heterocycles. The number of rotatable bonds is 2. The lowest BCUT2D eigenvalue weighted by atomic mass is 9.88. The molecule has 1 unspecified atom stereocenters. The van der Waals surface area contributed by atoms with Crippen molar-refractivity contribution in [3.05, 3.63) is 16.7 Å². The van der Waals surface area contributed by atoms with Gasteiger partial charge in [-0.05, 0) is 26.3 Å². The van der Waals surface area contributed by atoms with Gasteiger partial charge in [-0.25, -0.2) is 0 Å². The molecule has 1 N–H and O–H groups in total. The van der Waals surface area contributed by atoms with Crippen LogP contribution in [0, 0.1) is 0 Å². The summed E-state index contributed by atoms with van der Waals surface area (Å²) in [6.45, 7) is 4.46. The van der Waals surface area contributed by atoms with E-state index in [2.05, 4.69) is 12.2 Å². The molecule has 4 nitrogen and oxygen atoms in total. The molecular formula is C15H20ClNO3. The van der Waals surface area contributed by atoms with Crippen LogP contribution in [0.3, 0.4) is 0 Å². The fourth-order valence-corrected chi connectivity index (χ4v) is 3.34. The molecule has 0 radical (unpaired) electrons. The van der Waals surface area contributed by atoms with Crippen LogP contribution in [-0.2, 0) is 5.54 Å². The number of nitrogens with one attached hydrogen (secondary N) is 1. The van der Waals surface area contributed by atoms with Gasteiger partial charge >= 0.3 is 0 Å². The van der Waals surface area contributed by atoms with E-state index in [4.69, 9.17) is 25.8 Å². The standard InChI is InChI=1S/C15H20ClNO3/c1-15(5-3-6-17-15)12-13(18-2)10(16)9-11-14(12)20-8-4-7-19-11/h9,17H,3-8H2,1-2H3. The fraction of sp³-hybridized carbons (Fsp3) is 0.600. The molecule has 0 spiro atoms. The predicted octanol–water partition coefficient (Wildman–Crippen LogP) is 3.11. The van der Waals surface area contributed by atoms with Gasteiger partial charge in [0.1, 0.15) is 5.75 Å². The van der Waals surface area contributed by atoms with Gasteiger partial charge in [0, 0.05) is 18.0 Å². The summed E-state index contributed by atoms with van der Waals surface area (Å²) in [5.41, 5.74) is 0.801. The third-order valence-electron chi connectivity index (χ3n) is 4.07. The van der Waals surface area contributed by atoms with Crippen molar-refractivity contribution >= 4 is 11.6 Å². The van der Waals surface area contributed by atoms with Crippen LogP contribution >= 0.6 is 11.6 Å². The largest absolute Gasteiger partial charge is 0.495 e. The average Bonchev–Trinajstić information content (AvgIpc) is 2.74. The first kappa shape index (κ1) is 13.8. The second-order valence-corrected chi connectivity index (χ2v) is 5.91. The van der Waals surface area contributed by atoms with E-state index in [1.54, 1.807) is 13.2 Å². The van der Waals surface area contributed by atoms with E-state index in [0.29, 0.717) is 24.0 Å². The minimum atomic E-state index is -0.186. The fourth-order valence-electron chi connectivity index (χ4n) is 3.07. The molecule has 0 aliphatic carbocycles. The van der Waals surface area contributed by atoms with Crippen LogP contribution in [0.5, 0.6) is 17.2 Å². The first-order valence-electron chi connectivity index (χ1n) is 7.07. The van der Waals surface area contributed by atoms with E-state index < -0.39 is 0 Å². The molecule has 0 amide bonds. The van der Waals surface area contributed by atoms with Crippen LogP contribution in [0.4, 0.5) is 0 Å². The maximum absolute atomic E-state index is 6.37. The number of ether oxygens (including phenoxy) is 3. The van der Waals surface area contributed by atoms with Crippen molar-refractivity contribution in [3.8, 4) is 17.2 Å². The van der Waals surface area contributed by atoms with Crippen molar-refractivity contribution in [2.45, 2.75) is 31.7 Å². The third kappa shape index (κ3) is 2.21. The summed E-state index contributed by atoms with van der Waals surface area (Å²) >= 11 is 6.37. The molecule has 1 aromatic rings. The lowest BCUT2D eigenvalue weighted by Crippen LogP contribution is -2.34. The van der Waals surface area contributed by atoms with Crippen molar-refractivity contribution in [1.82, 2.24) is 5.32 Å². The number of fused-ring (bicyclic) bond motifs is 1. The van der Waals surface area contributed by atoms with Gasteiger partial charge in [0.25, 0.3) is 0 Å². The topological polar surface area (TPSA) is 39.7 Å². The molecule has 0 saturated carbocycles. The van der Waals surface area contributed by atoms with E-state index in [1.165, 1.54) is 0 Å². The SMILES string of the molecule is COc1c(Cl)cc2c(c1C1(C)CCCN1)OCCCO2. The molecule has 3 rings (SSSR count). The minimum absolute atomic E-state index is 0.186. The van der Waals surface area contributed by atoms with Crippen LogP contribution < -0.4 is 19.5 Å². The Morgan fingerprint density at radius 2 is 2.10 bits per heavy atom. The zero-order chi connectivity index (χ0) is 14.2. The summed E-state index contributed by atoms with van der Waals surface area (Å²) in [7, 11) is 1.65. The third-order valence-corrected chi connectivity index (χ3v) is 4.35. The summed E-state index contributed by atoms with van der Waals surface area (Å²) in [6, 6.07) is 1.79. The van der Waals surface area contributed by atoms with Gasteiger partial charge in [0.05, 0.1) is 30.9 Å². The van der Waals surface area contributed by atoms with Crippen LogP contribution in [0.1, 0.15) is 31.7 Å². The predicted molar refractivity (Wildman–Crippen MR) is 78.2 cm³/mol. The second-order valence-electron chi connectivity index (χ2n) is 5.51. The normalized spacial score (nSPS) is 25.4. The molecule has 0 bridgehead atoms. The van der Waals surface area contributed by atoms with E-state index >= 15 is 0 Å². The van der Waals surface area contributed by atoms with Crippen LogP contribution in [0.15, 0.2) is 6.07 Å². The van der Waals surface area contributed by atoms with Gasteiger partial charge in [-0.3, -0.25) is 0 Å². The smallest absolute Gasteiger partial charge is 0.170 e. The molecule has 2 heterocycles. The van der Waals surface area contributed by atoms with Crippen molar-refractivity contribution in [2.24, 2.45) is 0 Å². The highest BCUT2D eigenvalue weighted by Crippen LogP contribution is 2.50. The van der Waals surface area contributed by atoms with Gasteiger partial charge in [-0.1, -0.05) is 11.6 Å². The number of methoxy groups -OCH3 is 1. The highest BCUT2D eigenvalue weighted by Gasteiger charge is 2.38. The maximum atomic E-state index is 6.37. The number of benzene rings is 1. The minimum Gasteiger partial charge on any atom is -0.495 e. The van der Waals surface area contributed by atoms with Gasteiger partial charge in [0.2, 0.25) is 0 Å². The van der Waals surface area contributed by atoms with Gasteiger partial charge < -0.3 is 19.5 Å². The lowest BCUT2D eigenvalue weighted by molar-refractivity contribution is 0.289. The summed E-state index contributed by atoms with van der Waals surface area (Å²) in [5.74, 6) is 2.19. The Balaban J connectivity index is 2.20. The Hall–Kier alpha value is -1.13. The molecule has 20 heavy (non-hydrogen) atoms.